The number of carbonyl (C=O) groups is 1. The van der Waals surface area contributed by atoms with Crippen LogP contribution in [0.3, 0.4) is 0 Å². The van der Waals surface area contributed by atoms with Crippen molar-refractivity contribution in [1.82, 2.24) is 4.98 Å². The smallest absolute Gasteiger partial charge is 0.306 e. The predicted molar refractivity (Wildman–Crippen MR) is 86.8 cm³/mol. The van der Waals surface area contributed by atoms with Crippen molar-refractivity contribution in [1.29, 1.82) is 0 Å². The van der Waals surface area contributed by atoms with Crippen LogP contribution in [0.1, 0.15) is 37.4 Å². The van der Waals surface area contributed by atoms with Crippen molar-refractivity contribution < 1.29 is 14.6 Å². The number of nitrogens with one attached hydrogen (secondary N) is 1. The van der Waals surface area contributed by atoms with Crippen molar-refractivity contribution in [3.8, 4) is 0 Å². The van der Waals surface area contributed by atoms with Gasteiger partial charge in [-0.2, -0.15) is 0 Å². The van der Waals surface area contributed by atoms with Crippen LogP contribution in [0.4, 0.5) is 0 Å². The molecule has 0 bridgehead atoms. The molecule has 1 aliphatic rings. The number of fused-ring (bicyclic) bond motifs is 3. The van der Waals surface area contributed by atoms with Gasteiger partial charge < -0.3 is 14.8 Å². The zero-order valence-corrected chi connectivity index (χ0v) is 13.7. The molecule has 0 unspecified atom stereocenters. The summed E-state index contributed by atoms with van der Waals surface area (Å²) in [6.45, 7) is 2.50. The minimum atomic E-state index is -0.878. The summed E-state index contributed by atoms with van der Waals surface area (Å²) in [6.07, 6.45) is 2.08. The molecule has 2 aromatic rings. The summed E-state index contributed by atoms with van der Waals surface area (Å²) in [5, 5.41) is 11.4. The summed E-state index contributed by atoms with van der Waals surface area (Å²) in [5.74, 6) is -0.878. The summed E-state index contributed by atoms with van der Waals surface area (Å²) in [4.78, 5) is 14.7. The number of carboxylic acids is 1. The summed E-state index contributed by atoms with van der Waals surface area (Å²) in [7, 11) is 0. The standard InChI is InChI=1S/C16H17Cl2NO3/c1-2-6-16(8-12(20)21)15-9(5-7-22-16)13-10(17)3-4-11(18)14(13)19-15/h3-4,19H,2,5-8H2,1H3,(H,20,21)/t16-/m0/s1. The van der Waals surface area contributed by atoms with E-state index in [4.69, 9.17) is 27.9 Å². The molecule has 0 saturated carbocycles. The van der Waals surface area contributed by atoms with Gasteiger partial charge in [-0.25, -0.2) is 0 Å². The highest BCUT2D eigenvalue weighted by Gasteiger charge is 2.42. The van der Waals surface area contributed by atoms with Crippen LogP contribution in [0.5, 0.6) is 0 Å². The molecule has 0 radical (unpaired) electrons. The van der Waals surface area contributed by atoms with E-state index in [1.165, 1.54) is 0 Å². The van der Waals surface area contributed by atoms with Crippen molar-refractivity contribution in [3.05, 3.63) is 33.4 Å². The van der Waals surface area contributed by atoms with Crippen LogP contribution < -0.4 is 0 Å². The molecule has 1 aliphatic heterocycles. The third-order valence-electron chi connectivity index (χ3n) is 4.23. The molecule has 0 fully saturated rings. The van der Waals surface area contributed by atoms with Crippen molar-refractivity contribution in [2.24, 2.45) is 0 Å². The summed E-state index contributed by atoms with van der Waals surface area (Å²) >= 11 is 12.6. The van der Waals surface area contributed by atoms with Crippen LogP contribution >= 0.6 is 23.2 Å². The van der Waals surface area contributed by atoms with Crippen molar-refractivity contribution >= 4 is 40.1 Å². The van der Waals surface area contributed by atoms with Crippen molar-refractivity contribution in [3.63, 3.8) is 0 Å². The van der Waals surface area contributed by atoms with E-state index in [9.17, 15) is 9.90 Å². The van der Waals surface area contributed by atoms with E-state index in [1.807, 2.05) is 6.92 Å². The molecule has 118 valence electrons. The number of ether oxygens (including phenoxy) is 1. The lowest BCUT2D eigenvalue weighted by molar-refractivity contribution is -0.149. The predicted octanol–water partition coefficient (Wildman–Crippen LogP) is 4.52. The van der Waals surface area contributed by atoms with Gasteiger partial charge in [0.2, 0.25) is 0 Å². The molecular weight excluding hydrogens is 325 g/mol. The number of halogens is 2. The second kappa shape index (κ2) is 5.76. The Hall–Kier alpha value is -1.23. The molecule has 1 atom stereocenters. The van der Waals surface area contributed by atoms with E-state index in [0.29, 0.717) is 29.5 Å². The maximum absolute atomic E-state index is 11.4. The van der Waals surface area contributed by atoms with Gasteiger partial charge in [-0.15, -0.1) is 0 Å². The minimum Gasteiger partial charge on any atom is -0.481 e. The zero-order valence-electron chi connectivity index (χ0n) is 12.2. The third-order valence-corrected chi connectivity index (χ3v) is 4.86. The number of H-pyrrole nitrogens is 1. The van der Waals surface area contributed by atoms with Gasteiger partial charge in [0, 0.05) is 5.39 Å². The van der Waals surface area contributed by atoms with E-state index in [0.717, 1.165) is 28.6 Å². The summed E-state index contributed by atoms with van der Waals surface area (Å²) < 4.78 is 5.95. The second-order valence-corrected chi connectivity index (χ2v) is 6.49. The van der Waals surface area contributed by atoms with Gasteiger partial charge in [0.1, 0.15) is 5.60 Å². The van der Waals surface area contributed by atoms with Crippen LogP contribution in [-0.2, 0) is 21.6 Å². The molecular formula is C16H17Cl2NO3. The highest BCUT2D eigenvalue weighted by atomic mass is 35.5. The second-order valence-electron chi connectivity index (χ2n) is 5.67. The molecule has 0 saturated heterocycles. The number of benzene rings is 1. The van der Waals surface area contributed by atoms with E-state index >= 15 is 0 Å². The maximum Gasteiger partial charge on any atom is 0.306 e. The molecule has 3 rings (SSSR count). The number of hydrogen-bond acceptors (Lipinski definition) is 2. The van der Waals surface area contributed by atoms with Gasteiger partial charge in [-0.1, -0.05) is 36.5 Å². The average Bonchev–Trinajstić information content (AvgIpc) is 2.85. The van der Waals surface area contributed by atoms with Crippen LogP contribution in [0.2, 0.25) is 10.0 Å². The lowest BCUT2D eigenvalue weighted by Crippen LogP contribution is -2.37. The molecule has 2 heterocycles. The maximum atomic E-state index is 11.4. The zero-order chi connectivity index (χ0) is 15.9. The molecule has 0 aliphatic carbocycles. The summed E-state index contributed by atoms with van der Waals surface area (Å²) in [5.41, 5.74) is 1.77. The normalized spacial score (nSPS) is 21.0. The third kappa shape index (κ3) is 2.39. The fourth-order valence-corrected chi connectivity index (χ4v) is 3.90. The first kappa shape index (κ1) is 15.7. The highest BCUT2D eigenvalue weighted by molar-refractivity contribution is 6.40. The Balaban J connectivity index is 2.27. The van der Waals surface area contributed by atoms with E-state index in [2.05, 4.69) is 4.98 Å². The number of aromatic nitrogens is 1. The van der Waals surface area contributed by atoms with Crippen molar-refractivity contribution in [2.75, 3.05) is 6.61 Å². The first-order valence-corrected chi connectivity index (χ1v) is 8.09. The molecule has 22 heavy (non-hydrogen) atoms. The highest BCUT2D eigenvalue weighted by Crippen LogP contribution is 2.45. The van der Waals surface area contributed by atoms with Crippen LogP contribution in [-0.4, -0.2) is 22.7 Å². The first-order chi connectivity index (χ1) is 10.5. The van der Waals surface area contributed by atoms with Gasteiger partial charge in [0.05, 0.1) is 34.3 Å². The topological polar surface area (TPSA) is 62.3 Å². The number of rotatable bonds is 4. The fourth-order valence-electron chi connectivity index (χ4n) is 3.43. The van der Waals surface area contributed by atoms with Gasteiger partial charge in [-0.05, 0) is 30.5 Å². The molecule has 4 nitrogen and oxygen atoms in total. The lowest BCUT2D eigenvalue weighted by atomic mass is 9.85. The number of hydrogen-bond donors (Lipinski definition) is 2. The Kier molecular flexibility index (Phi) is 4.10. The minimum absolute atomic E-state index is 0.0735. The van der Waals surface area contributed by atoms with Crippen LogP contribution in [0.15, 0.2) is 12.1 Å². The summed E-state index contributed by atoms with van der Waals surface area (Å²) in [6, 6.07) is 3.52. The number of aromatic amines is 1. The Morgan fingerprint density at radius 1 is 1.41 bits per heavy atom. The van der Waals surface area contributed by atoms with E-state index < -0.39 is 11.6 Å². The van der Waals surface area contributed by atoms with E-state index in [-0.39, 0.29) is 6.42 Å². The average molecular weight is 342 g/mol. The quantitative estimate of drug-likeness (QED) is 0.859. The molecule has 6 heteroatoms. The Morgan fingerprint density at radius 2 is 2.14 bits per heavy atom. The van der Waals surface area contributed by atoms with Gasteiger partial charge >= 0.3 is 5.97 Å². The van der Waals surface area contributed by atoms with Gasteiger partial charge in [0.15, 0.2) is 0 Å². The Labute approximate surface area is 138 Å². The van der Waals surface area contributed by atoms with Crippen LogP contribution in [0.25, 0.3) is 10.9 Å². The molecule has 2 N–H and O–H groups in total. The van der Waals surface area contributed by atoms with Gasteiger partial charge in [0.25, 0.3) is 0 Å². The number of aliphatic carboxylic acids is 1. The monoisotopic (exact) mass is 341 g/mol. The molecule has 1 aromatic heterocycles. The largest absolute Gasteiger partial charge is 0.481 e. The molecule has 1 aromatic carbocycles. The number of carboxylic acid groups (broad SMARTS) is 1. The Morgan fingerprint density at radius 3 is 2.82 bits per heavy atom. The lowest BCUT2D eigenvalue weighted by Gasteiger charge is -2.36. The van der Waals surface area contributed by atoms with Gasteiger partial charge in [-0.3, -0.25) is 4.79 Å². The van der Waals surface area contributed by atoms with Crippen LogP contribution in [0, 0.1) is 0 Å². The van der Waals surface area contributed by atoms with Crippen molar-refractivity contribution in [2.45, 2.75) is 38.2 Å². The van der Waals surface area contributed by atoms with E-state index in [1.54, 1.807) is 12.1 Å². The fraction of sp³-hybridized carbons (Fsp3) is 0.438. The molecule has 0 spiro atoms. The first-order valence-electron chi connectivity index (χ1n) is 7.33. The SMILES string of the molecule is CCC[C@@]1(CC(=O)O)OCCc2c1[nH]c1c(Cl)ccc(Cl)c21. The molecule has 0 amide bonds. The Bertz CT molecular complexity index is 741.